The largest absolute Gasteiger partial charge is 0.395 e. The molecule has 10 heteroatoms. The first-order valence-corrected chi connectivity index (χ1v) is 7.02. The summed E-state index contributed by atoms with van der Waals surface area (Å²) in [5, 5.41) is 19.2. The van der Waals surface area contributed by atoms with Gasteiger partial charge in [0.05, 0.1) is 11.5 Å². The molecular formula is C7H9ClN2O5S2. The number of rotatable bonds is 5. The minimum Gasteiger partial charge on any atom is -0.395 e. The van der Waals surface area contributed by atoms with Crippen molar-refractivity contribution in [1.29, 1.82) is 0 Å². The average Bonchev–Trinajstić information content (AvgIpc) is 2.60. The summed E-state index contributed by atoms with van der Waals surface area (Å²) >= 11 is 6.15. The number of hydrogen-bond donors (Lipinski definition) is 2. The Bertz CT molecular complexity index is 526. The van der Waals surface area contributed by atoms with Crippen LogP contribution in [0.2, 0.25) is 4.34 Å². The van der Waals surface area contributed by atoms with Gasteiger partial charge in [-0.1, -0.05) is 11.6 Å². The molecule has 7 nitrogen and oxygen atoms in total. The van der Waals surface area contributed by atoms with Crippen LogP contribution in [-0.4, -0.2) is 31.1 Å². The number of sulfonamides is 1. The molecule has 0 bridgehead atoms. The van der Waals surface area contributed by atoms with Gasteiger partial charge in [-0.3, -0.25) is 10.1 Å². The molecule has 1 heterocycles. The van der Waals surface area contributed by atoms with Gasteiger partial charge in [0.1, 0.15) is 4.21 Å². The van der Waals surface area contributed by atoms with E-state index in [0.717, 1.165) is 6.07 Å². The van der Waals surface area contributed by atoms with Crippen molar-refractivity contribution < 1.29 is 18.4 Å². The zero-order valence-electron chi connectivity index (χ0n) is 8.58. The summed E-state index contributed by atoms with van der Waals surface area (Å²) in [5.41, 5.74) is -0.450. The first-order valence-electron chi connectivity index (χ1n) is 4.35. The van der Waals surface area contributed by atoms with Crippen LogP contribution < -0.4 is 4.72 Å². The van der Waals surface area contributed by atoms with E-state index in [9.17, 15) is 18.5 Å². The summed E-state index contributed by atoms with van der Waals surface area (Å²) in [6, 6.07) is 0.208. The second-order valence-corrected chi connectivity index (χ2v) is 6.78. The van der Waals surface area contributed by atoms with Crippen molar-refractivity contribution in [2.75, 3.05) is 6.61 Å². The highest BCUT2D eigenvalue weighted by molar-refractivity contribution is 7.91. The lowest BCUT2D eigenvalue weighted by Gasteiger charge is -2.09. The molecule has 1 rings (SSSR count). The Kier molecular flexibility index (Phi) is 4.44. The number of nitrogens with one attached hydrogen (secondary N) is 1. The van der Waals surface area contributed by atoms with Gasteiger partial charge in [0, 0.05) is 12.1 Å². The second kappa shape index (κ2) is 5.27. The van der Waals surface area contributed by atoms with Gasteiger partial charge in [-0.05, 0) is 6.92 Å². The minimum absolute atomic E-state index is 0.202. The Balaban J connectivity index is 3.08. The topological polar surface area (TPSA) is 110 Å². The number of nitrogens with zero attached hydrogens (tertiary/aromatic N) is 1. The Morgan fingerprint density at radius 3 is 2.71 bits per heavy atom. The second-order valence-electron chi connectivity index (χ2n) is 3.19. The maximum absolute atomic E-state index is 11.7. The zero-order chi connectivity index (χ0) is 13.2. The van der Waals surface area contributed by atoms with E-state index in [0.29, 0.717) is 11.3 Å². The molecule has 2 N–H and O–H groups in total. The first kappa shape index (κ1) is 14.3. The van der Waals surface area contributed by atoms with E-state index < -0.39 is 26.7 Å². The van der Waals surface area contributed by atoms with Gasteiger partial charge in [0.2, 0.25) is 0 Å². The quantitative estimate of drug-likeness (QED) is 0.622. The van der Waals surface area contributed by atoms with Gasteiger partial charge in [-0.15, -0.1) is 11.3 Å². The summed E-state index contributed by atoms with van der Waals surface area (Å²) in [4.78, 5) is 9.76. The molecule has 0 amide bonds. The van der Waals surface area contributed by atoms with Crippen LogP contribution in [-0.2, 0) is 10.0 Å². The van der Waals surface area contributed by atoms with Crippen molar-refractivity contribution in [2.45, 2.75) is 17.2 Å². The molecule has 0 fully saturated rings. The minimum atomic E-state index is -3.89. The number of thiophene rings is 1. The summed E-state index contributed by atoms with van der Waals surface area (Å²) in [7, 11) is -3.89. The van der Waals surface area contributed by atoms with Gasteiger partial charge >= 0.3 is 0 Å². The van der Waals surface area contributed by atoms with Crippen molar-refractivity contribution >= 4 is 38.6 Å². The van der Waals surface area contributed by atoms with E-state index in [4.69, 9.17) is 16.7 Å². The lowest BCUT2D eigenvalue weighted by Crippen LogP contribution is -2.34. The SMILES string of the molecule is CC(CO)NS(=O)(=O)c1cc([N+](=O)[O-])c(Cl)s1. The fourth-order valence-corrected chi connectivity index (χ4v) is 3.87. The maximum atomic E-state index is 11.7. The molecule has 0 aromatic carbocycles. The van der Waals surface area contributed by atoms with Crippen LogP contribution in [0.1, 0.15) is 6.92 Å². The summed E-state index contributed by atoms with van der Waals surface area (Å²) in [5.74, 6) is 0. The van der Waals surface area contributed by atoms with Crippen LogP contribution in [0.4, 0.5) is 5.69 Å². The first-order chi connectivity index (χ1) is 7.77. The predicted molar refractivity (Wildman–Crippen MR) is 62.9 cm³/mol. The van der Waals surface area contributed by atoms with E-state index >= 15 is 0 Å². The number of nitro groups is 1. The molecule has 1 aromatic heterocycles. The Hall–Kier alpha value is -0.740. The number of halogens is 1. The van der Waals surface area contributed by atoms with E-state index in [2.05, 4.69) is 4.72 Å². The molecule has 0 spiro atoms. The molecular weight excluding hydrogens is 292 g/mol. The lowest BCUT2D eigenvalue weighted by atomic mass is 10.4. The van der Waals surface area contributed by atoms with Crippen LogP contribution in [0.3, 0.4) is 0 Å². The molecule has 0 saturated carbocycles. The Morgan fingerprint density at radius 2 is 2.29 bits per heavy atom. The van der Waals surface area contributed by atoms with E-state index in [1.807, 2.05) is 0 Å². The van der Waals surface area contributed by atoms with Gasteiger partial charge in [-0.2, -0.15) is 0 Å². The van der Waals surface area contributed by atoms with Gasteiger partial charge in [0.15, 0.2) is 4.34 Å². The Morgan fingerprint density at radius 1 is 1.71 bits per heavy atom. The fourth-order valence-electron chi connectivity index (χ4n) is 0.956. The lowest BCUT2D eigenvalue weighted by molar-refractivity contribution is -0.384. The van der Waals surface area contributed by atoms with Crippen molar-refractivity contribution in [3.63, 3.8) is 0 Å². The number of aliphatic hydroxyl groups excluding tert-OH is 1. The monoisotopic (exact) mass is 300 g/mol. The smallest absolute Gasteiger partial charge is 0.300 e. The standard InChI is InChI=1S/C7H9ClN2O5S2/c1-4(3-11)9-17(14,15)6-2-5(10(12)13)7(8)16-6/h2,4,9,11H,3H2,1H3. The molecule has 0 aliphatic carbocycles. The van der Waals surface area contributed by atoms with Crippen LogP contribution in [0.5, 0.6) is 0 Å². The molecule has 1 unspecified atom stereocenters. The highest BCUT2D eigenvalue weighted by Crippen LogP contribution is 2.36. The highest BCUT2D eigenvalue weighted by atomic mass is 35.5. The Labute approximate surface area is 106 Å². The van der Waals surface area contributed by atoms with Crippen molar-refractivity contribution in [2.24, 2.45) is 0 Å². The third kappa shape index (κ3) is 3.36. The highest BCUT2D eigenvalue weighted by Gasteiger charge is 2.26. The van der Waals surface area contributed by atoms with E-state index in [1.54, 1.807) is 0 Å². The fraction of sp³-hybridized carbons (Fsp3) is 0.429. The molecule has 1 aromatic rings. The molecule has 0 radical (unpaired) electrons. The van der Waals surface area contributed by atoms with Gasteiger partial charge in [0.25, 0.3) is 15.7 Å². The van der Waals surface area contributed by atoms with Crippen LogP contribution in [0, 0.1) is 10.1 Å². The zero-order valence-corrected chi connectivity index (χ0v) is 11.0. The average molecular weight is 301 g/mol. The molecule has 96 valence electrons. The maximum Gasteiger partial charge on any atom is 0.300 e. The van der Waals surface area contributed by atoms with Crippen LogP contribution in [0.15, 0.2) is 10.3 Å². The van der Waals surface area contributed by atoms with Gasteiger partial charge in [-0.25, -0.2) is 13.1 Å². The third-order valence-electron chi connectivity index (χ3n) is 1.74. The summed E-state index contributed by atoms with van der Waals surface area (Å²) < 4.78 is 25.1. The molecule has 0 saturated heterocycles. The molecule has 17 heavy (non-hydrogen) atoms. The predicted octanol–water partition coefficient (Wildman–Crippen LogP) is 0.969. The molecule has 1 atom stereocenters. The van der Waals surface area contributed by atoms with E-state index in [-0.39, 0.29) is 15.2 Å². The number of aliphatic hydroxyl groups is 1. The van der Waals surface area contributed by atoms with Crippen molar-refractivity contribution in [1.82, 2.24) is 4.72 Å². The molecule has 0 aliphatic heterocycles. The summed E-state index contributed by atoms with van der Waals surface area (Å²) in [6.45, 7) is 1.08. The van der Waals surface area contributed by atoms with Crippen LogP contribution >= 0.6 is 22.9 Å². The molecule has 0 aliphatic rings. The normalized spacial score (nSPS) is 13.6. The van der Waals surface area contributed by atoms with Gasteiger partial charge < -0.3 is 5.11 Å². The summed E-state index contributed by atoms with van der Waals surface area (Å²) in [6.07, 6.45) is 0. The third-order valence-corrected chi connectivity index (χ3v) is 5.14. The van der Waals surface area contributed by atoms with Crippen LogP contribution in [0.25, 0.3) is 0 Å². The van der Waals surface area contributed by atoms with E-state index in [1.165, 1.54) is 6.92 Å². The number of hydrogen-bond acceptors (Lipinski definition) is 6. The van der Waals surface area contributed by atoms with Crippen molar-refractivity contribution in [3.8, 4) is 0 Å². The van der Waals surface area contributed by atoms with Crippen molar-refractivity contribution in [3.05, 3.63) is 20.5 Å².